The SMILES string of the molecule is Cc1cc(-c2nccn2C)nc([C@H]2CCN(C(=O)c3cccc(F)c3)C2)n1. The number of nitrogens with zero attached hydrogens (tertiary/aromatic N) is 5. The molecule has 1 amide bonds. The van der Waals surface area contributed by atoms with Crippen molar-refractivity contribution >= 4 is 5.91 Å². The normalized spacial score (nSPS) is 16.7. The molecule has 1 fully saturated rings. The van der Waals surface area contributed by atoms with E-state index in [1.807, 2.05) is 30.8 Å². The zero-order valence-corrected chi connectivity index (χ0v) is 15.3. The fraction of sp³-hybridized carbons (Fsp3) is 0.300. The largest absolute Gasteiger partial charge is 0.338 e. The summed E-state index contributed by atoms with van der Waals surface area (Å²) in [6.07, 6.45) is 4.40. The summed E-state index contributed by atoms with van der Waals surface area (Å²) in [5.74, 6) is 1.00. The molecule has 0 radical (unpaired) electrons. The van der Waals surface area contributed by atoms with Gasteiger partial charge in [0.05, 0.1) is 0 Å². The van der Waals surface area contributed by atoms with E-state index in [9.17, 15) is 9.18 Å². The van der Waals surface area contributed by atoms with Crippen LogP contribution in [0.2, 0.25) is 0 Å². The van der Waals surface area contributed by atoms with Gasteiger partial charge < -0.3 is 9.47 Å². The minimum Gasteiger partial charge on any atom is -0.338 e. The van der Waals surface area contributed by atoms with E-state index in [1.54, 1.807) is 23.2 Å². The molecule has 138 valence electrons. The van der Waals surface area contributed by atoms with Crippen molar-refractivity contribution in [3.8, 4) is 11.5 Å². The summed E-state index contributed by atoms with van der Waals surface area (Å²) >= 11 is 0. The second-order valence-electron chi connectivity index (χ2n) is 6.86. The first-order valence-corrected chi connectivity index (χ1v) is 8.89. The molecule has 7 heteroatoms. The molecule has 3 heterocycles. The Kier molecular flexibility index (Phi) is 4.43. The molecule has 1 aliphatic rings. The van der Waals surface area contributed by atoms with E-state index >= 15 is 0 Å². The van der Waals surface area contributed by atoms with Gasteiger partial charge in [-0.25, -0.2) is 19.3 Å². The number of rotatable bonds is 3. The van der Waals surface area contributed by atoms with Gasteiger partial charge in [-0.15, -0.1) is 0 Å². The zero-order chi connectivity index (χ0) is 19.0. The summed E-state index contributed by atoms with van der Waals surface area (Å²) in [4.78, 5) is 28.0. The van der Waals surface area contributed by atoms with Crippen LogP contribution in [0.25, 0.3) is 11.5 Å². The van der Waals surface area contributed by atoms with E-state index in [-0.39, 0.29) is 11.8 Å². The third kappa shape index (κ3) is 3.45. The molecule has 1 aliphatic heterocycles. The van der Waals surface area contributed by atoms with Crippen LogP contribution in [0.1, 0.15) is 34.2 Å². The van der Waals surface area contributed by atoms with Gasteiger partial charge in [0.25, 0.3) is 5.91 Å². The van der Waals surface area contributed by atoms with Gasteiger partial charge in [0, 0.05) is 49.7 Å². The Morgan fingerprint density at radius 1 is 1.26 bits per heavy atom. The van der Waals surface area contributed by atoms with Gasteiger partial charge in [0.2, 0.25) is 0 Å². The highest BCUT2D eigenvalue weighted by atomic mass is 19.1. The van der Waals surface area contributed by atoms with Crippen LogP contribution in [0.3, 0.4) is 0 Å². The first-order chi connectivity index (χ1) is 13.0. The van der Waals surface area contributed by atoms with Crippen LogP contribution in [-0.4, -0.2) is 43.4 Å². The van der Waals surface area contributed by atoms with Crippen LogP contribution < -0.4 is 0 Å². The number of imidazole rings is 1. The summed E-state index contributed by atoms with van der Waals surface area (Å²) in [5, 5.41) is 0. The lowest BCUT2D eigenvalue weighted by molar-refractivity contribution is 0.0790. The first kappa shape index (κ1) is 17.3. The number of aryl methyl sites for hydroxylation is 2. The molecule has 2 aromatic heterocycles. The Morgan fingerprint density at radius 3 is 2.85 bits per heavy atom. The second kappa shape index (κ2) is 6.90. The number of carbonyl (C=O) groups excluding carboxylic acids is 1. The molecule has 0 saturated carbocycles. The molecular weight excluding hydrogens is 345 g/mol. The molecule has 1 saturated heterocycles. The van der Waals surface area contributed by atoms with Crippen LogP contribution >= 0.6 is 0 Å². The smallest absolute Gasteiger partial charge is 0.253 e. The average Bonchev–Trinajstić information content (AvgIpc) is 3.30. The van der Waals surface area contributed by atoms with Crippen molar-refractivity contribution in [2.75, 3.05) is 13.1 Å². The predicted molar refractivity (Wildman–Crippen MR) is 98.6 cm³/mol. The van der Waals surface area contributed by atoms with Gasteiger partial charge in [0.1, 0.15) is 17.3 Å². The third-order valence-corrected chi connectivity index (χ3v) is 4.83. The maximum Gasteiger partial charge on any atom is 0.253 e. The zero-order valence-electron chi connectivity index (χ0n) is 15.3. The van der Waals surface area contributed by atoms with E-state index in [4.69, 9.17) is 4.98 Å². The van der Waals surface area contributed by atoms with E-state index in [2.05, 4.69) is 9.97 Å². The summed E-state index contributed by atoms with van der Waals surface area (Å²) in [5.41, 5.74) is 2.02. The Labute approximate surface area is 156 Å². The Balaban J connectivity index is 1.56. The predicted octanol–water partition coefficient (Wildman–Crippen LogP) is 2.95. The van der Waals surface area contributed by atoms with Gasteiger partial charge in [-0.2, -0.15) is 0 Å². The Hall–Kier alpha value is -3.09. The average molecular weight is 365 g/mol. The number of amides is 1. The minimum absolute atomic E-state index is 0.0569. The molecule has 3 aromatic rings. The van der Waals surface area contributed by atoms with Gasteiger partial charge in [0.15, 0.2) is 5.82 Å². The molecule has 0 unspecified atom stereocenters. The number of hydrogen-bond donors (Lipinski definition) is 0. The monoisotopic (exact) mass is 365 g/mol. The van der Waals surface area contributed by atoms with Crippen molar-refractivity contribution in [1.29, 1.82) is 0 Å². The van der Waals surface area contributed by atoms with Gasteiger partial charge >= 0.3 is 0 Å². The van der Waals surface area contributed by atoms with Crippen molar-refractivity contribution in [2.24, 2.45) is 7.05 Å². The summed E-state index contributed by atoms with van der Waals surface area (Å²) in [7, 11) is 1.93. The van der Waals surface area contributed by atoms with Gasteiger partial charge in [-0.1, -0.05) is 6.07 Å². The number of hydrogen-bond acceptors (Lipinski definition) is 4. The molecule has 0 spiro atoms. The van der Waals surface area contributed by atoms with Crippen LogP contribution in [0.5, 0.6) is 0 Å². The molecule has 1 aromatic carbocycles. The molecule has 27 heavy (non-hydrogen) atoms. The van der Waals surface area contributed by atoms with Crippen LogP contribution in [0, 0.1) is 12.7 Å². The van der Waals surface area contributed by atoms with Crippen LogP contribution in [0.15, 0.2) is 42.7 Å². The number of likely N-dealkylation sites (tertiary alicyclic amines) is 1. The lowest BCUT2D eigenvalue weighted by Crippen LogP contribution is -2.28. The van der Waals surface area contributed by atoms with Crippen molar-refractivity contribution in [1.82, 2.24) is 24.4 Å². The number of carbonyl (C=O) groups is 1. The van der Waals surface area contributed by atoms with Crippen molar-refractivity contribution in [3.05, 3.63) is 65.6 Å². The van der Waals surface area contributed by atoms with Crippen LogP contribution in [-0.2, 0) is 7.05 Å². The maximum atomic E-state index is 13.4. The first-order valence-electron chi connectivity index (χ1n) is 8.89. The highest BCUT2D eigenvalue weighted by molar-refractivity contribution is 5.94. The quantitative estimate of drug-likeness (QED) is 0.716. The Morgan fingerprint density at radius 2 is 2.11 bits per heavy atom. The number of benzene rings is 1. The molecule has 0 bridgehead atoms. The maximum absolute atomic E-state index is 13.4. The fourth-order valence-corrected chi connectivity index (χ4v) is 3.46. The molecule has 6 nitrogen and oxygen atoms in total. The summed E-state index contributed by atoms with van der Waals surface area (Å²) < 4.78 is 15.3. The highest BCUT2D eigenvalue weighted by Crippen LogP contribution is 2.28. The third-order valence-electron chi connectivity index (χ3n) is 4.83. The fourth-order valence-electron chi connectivity index (χ4n) is 3.46. The molecule has 4 rings (SSSR count). The number of aromatic nitrogens is 4. The lowest BCUT2D eigenvalue weighted by Gasteiger charge is -2.16. The van der Waals surface area contributed by atoms with Crippen molar-refractivity contribution in [2.45, 2.75) is 19.3 Å². The minimum atomic E-state index is -0.404. The topological polar surface area (TPSA) is 63.9 Å². The highest BCUT2D eigenvalue weighted by Gasteiger charge is 2.30. The molecule has 0 N–H and O–H groups in total. The molecule has 0 aliphatic carbocycles. The Bertz CT molecular complexity index is 1000. The number of halogens is 1. The lowest BCUT2D eigenvalue weighted by atomic mass is 10.1. The van der Waals surface area contributed by atoms with Gasteiger partial charge in [-0.05, 0) is 37.6 Å². The summed E-state index contributed by atoms with van der Waals surface area (Å²) in [6, 6.07) is 7.72. The second-order valence-corrected chi connectivity index (χ2v) is 6.86. The van der Waals surface area contributed by atoms with E-state index in [1.165, 1.54) is 12.1 Å². The van der Waals surface area contributed by atoms with E-state index in [0.29, 0.717) is 18.7 Å². The van der Waals surface area contributed by atoms with E-state index in [0.717, 1.165) is 29.5 Å². The standard InChI is InChI=1S/C20H20FN5O/c1-13-10-17(19-22-7-9-25(19)2)24-18(23-13)15-6-8-26(12-15)20(27)14-4-3-5-16(21)11-14/h3-5,7,9-11,15H,6,8,12H2,1-2H3/t15-/m0/s1. The van der Waals surface area contributed by atoms with Gasteiger partial charge in [-0.3, -0.25) is 4.79 Å². The van der Waals surface area contributed by atoms with Crippen LogP contribution in [0.4, 0.5) is 4.39 Å². The summed E-state index contributed by atoms with van der Waals surface area (Å²) in [6.45, 7) is 3.07. The van der Waals surface area contributed by atoms with Crippen molar-refractivity contribution < 1.29 is 9.18 Å². The molecule has 1 atom stereocenters. The van der Waals surface area contributed by atoms with E-state index < -0.39 is 5.82 Å². The van der Waals surface area contributed by atoms with Crippen molar-refractivity contribution in [3.63, 3.8) is 0 Å². The molecular formula is C20H20FN5O.